The number of hydrogen-bond donors (Lipinski definition) is 2. The molecule has 3 aromatic rings. The number of ether oxygens (including phenoxy) is 1. The minimum Gasteiger partial charge on any atom is -0.406 e. The number of rotatable bonds is 7. The van der Waals surface area contributed by atoms with E-state index in [9.17, 15) is 18.0 Å². The van der Waals surface area contributed by atoms with E-state index in [1.54, 1.807) is 19.4 Å². The summed E-state index contributed by atoms with van der Waals surface area (Å²) in [5, 5.41) is 5.81. The van der Waals surface area contributed by atoms with Crippen LogP contribution in [0.1, 0.15) is 27.2 Å². The number of alkyl halides is 3. The largest absolute Gasteiger partial charge is 0.573 e. The van der Waals surface area contributed by atoms with Crippen LogP contribution in [-0.2, 0) is 6.42 Å². The second-order valence-corrected chi connectivity index (χ2v) is 9.18. The van der Waals surface area contributed by atoms with Gasteiger partial charge in [-0.1, -0.05) is 18.7 Å². The number of benzene rings is 2. The minimum absolute atomic E-state index is 0.130. The Labute approximate surface area is 223 Å². The first-order valence-corrected chi connectivity index (χ1v) is 12.4. The predicted octanol–water partition coefficient (Wildman–Crippen LogP) is 4.54. The predicted molar refractivity (Wildman–Crippen MR) is 143 cm³/mol. The molecule has 2 N–H and O–H groups in total. The highest BCUT2D eigenvalue weighted by atomic mass is 19.4. The topological polar surface area (TPSA) is 82.6 Å². The lowest BCUT2D eigenvalue weighted by atomic mass is 10.0. The van der Waals surface area contributed by atoms with Crippen LogP contribution in [0.3, 0.4) is 0 Å². The van der Waals surface area contributed by atoms with Crippen molar-refractivity contribution in [3.05, 3.63) is 89.6 Å². The Morgan fingerprint density at radius 2 is 1.79 bits per heavy atom. The molecular formula is C28H27F3N6O2. The zero-order valence-corrected chi connectivity index (χ0v) is 21.3. The zero-order chi connectivity index (χ0) is 27.6. The molecule has 8 nitrogen and oxygen atoms in total. The molecule has 2 aliphatic rings. The first kappa shape index (κ1) is 26.1. The van der Waals surface area contributed by atoms with Crippen molar-refractivity contribution in [1.29, 1.82) is 0 Å². The van der Waals surface area contributed by atoms with Crippen LogP contribution in [0.15, 0.2) is 67.3 Å². The third-order valence-electron chi connectivity index (χ3n) is 6.68. The van der Waals surface area contributed by atoms with E-state index in [4.69, 9.17) is 0 Å². The molecule has 0 radical (unpaired) electrons. The Balaban J connectivity index is 1.23. The first-order valence-electron chi connectivity index (χ1n) is 12.4. The van der Waals surface area contributed by atoms with E-state index in [1.165, 1.54) is 24.3 Å². The van der Waals surface area contributed by atoms with Gasteiger partial charge >= 0.3 is 6.36 Å². The molecule has 1 fully saturated rings. The Kier molecular flexibility index (Phi) is 7.14. The highest BCUT2D eigenvalue weighted by Gasteiger charge is 2.31. The van der Waals surface area contributed by atoms with Crippen molar-refractivity contribution in [3.63, 3.8) is 0 Å². The lowest BCUT2D eigenvalue weighted by Gasteiger charge is -2.38. The number of nitrogens with one attached hydrogen (secondary N) is 2. The summed E-state index contributed by atoms with van der Waals surface area (Å²) in [5.41, 5.74) is 5.22. The van der Waals surface area contributed by atoms with Gasteiger partial charge in [0, 0.05) is 56.5 Å². The monoisotopic (exact) mass is 536 g/mol. The molecule has 0 spiro atoms. The molecular weight excluding hydrogens is 509 g/mol. The van der Waals surface area contributed by atoms with Crippen LogP contribution in [0.2, 0.25) is 0 Å². The Bertz CT molecular complexity index is 1410. The molecule has 1 aromatic heterocycles. The third-order valence-corrected chi connectivity index (χ3v) is 6.68. The summed E-state index contributed by atoms with van der Waals surface area (Å²) in [4.78, 5) is 25.5. The highest BCUT2D eigenvalue weighted by molar-refractivity contribution is 5.97. The summed E-state index contributed by atoms with van der Waals surface area (Å²) in [5.74, 6) is 1.12. The number of hydrogen-bond acceptors (Lipinski definition) is 7. The smallest absolute Gasteiger partial charge is 0.406 e. The molecule has 0 atom stereocenters. The molecule has 0 bridgehead atoms. The van der Waals surface area contributed by atoms with Crippen molar-refractivity contribution in [1.82, 2.24) is 20.2 Å². The van der Waals surface area contributed by atoms with Gasteiger partial charge in [0.05, 0.1) is 11.5 Å². The number of carbonyl (C=O) groups excluding carboxylic acids is 1. The summed E-state index contributed by atoms with van der Waals surface area (Å²) < 4.78 is 41.1. The van der Waals surface area contributed by atoms with Crippen LogP contribution in [0.25, 0.3) is 11.6 Å². The molecule has 1 aliphatic carbocycles. The zero-order valence-electron chi connectivity index (χ0n) is 21.3. The average molecular weight is 537 g/mol. The first-order chi connectivity index (χ1) is 18.7. The lowest BCUT2D eigenvalue weighted by Crippen LogP contribution is -2.47. The van der Waals surface area contributed by atoms with Crippen molar-refractivity contribution < 1.29 is 22.7 Å². The van der Waals surface area contributed by atoms with Crippen molar-refractivity contribution in [2.45, 2.75) is 12.8 Å². The van der Waals surface area contributed by atoms with E-state index < -0.39 is 6.36 Å². The second-order valence-electron chi connectivity index (χ2n) is 9.18. The summed E-state index contributed by atoms with van der Waals surface area (Å²) in [6.07, 6.45) is -0.371. The summed E-state index contributed by atoms with van der Waals surface area (Å²) in [6, 6.07) is 13.1. The Hall–Kier alpha value is -4.54. The standard InChI is InChI=1S/C28H27F3N6O2/c1-18(35-22-6-8-23(9-7-22)39-28(29,30)31)36-10-12-37(13-11-36)26-24-15-21(16-25(24)33-17-34-26)19-4-3-5-20(14-19)27(38)32-2/h3-9,14-15,17,35H,1,10-13,16H2,2H3,(H,32,38). The van der Waals surface area contributed by atoms with Gasteiger partial charge in [-0.05, 0) is 53.6 Å². The number of allylic oxidation sites excluding steroid dienone is 1. The fourth-order valence-corrected chi connectivity index (χ4v) is 4.73. The molecule has 11 heteroatoms. The SMILES string of the molecule is C=C(Nc1ccc(OC(F)(F)F)cc1)N1CCN(c2ncnc3c2C=C(c2cccc(C(=O)NC)c2)C3)CC1. The van der Waals surface area contributed by atoms with Gasteiger partial charge < -0.3 is 25.2 Å². The van der Waals surface area contributed by atoms with Gasteiger partial charge in [-0.15, -0.1) is 13.2 Å². The number of amides is 1. The number of fused-ring (bicyclic) bond motifs is 1. The van der Waals surface area contributed by atoms with Crippen LogP contribution >= 0.6 is 0 Å². The number of nitrogens with zero attached hydrogens (tertiary/aromatic N) is 4. The number of carbonyl (C=O) groups is 1. The summed E-state index contributed by atoms with van der Waals surface area (Å²) >= 11 is 0. The van der Waals surface area contributed by atoms with Crippen LogP contribution < -0.4 is 20.3 Å². The number of aromatic nitrogens is 2. The quantitative estimate of drug-likeness (QED) is 0.459. The maximum atomic E-state index is 12.4. The molecule has 202 valence electrons. The van der Waals surface area contributed by atoms with E-state index in [-0.39, 0.29) is 11.7 Å². The van der Waals surface area contributed by atoms with Gasteiger partial charge in [-0.25, -0.2) is 9.97 Å². The van der Waals surface area contributed by atoms with Crippen molar-refractivity contribution >= 4 is 29.1 Å². The van der Waals surface area contributed by atoms with Crippen molar-refractivity contribution in [2.24, 2.45) is 0 Å². The van der Waals surface area contributed by atoms with E-state index >= 15 is 0 Å². The fourth-order valence-electron chi connectivity index (χ4n) is 4.73. The second kappa shape index (κ2) is 10.7. The number of anilines is 2. The summed E-state index contributed by atoms with van der Waals surface area (Å²) in [6.45, 7) is 6.88. The van der Waals surface area contributed by atoms with Crippen molar-refractivity contribution in [3.8, 4) is 5.75 Å². The van der Waals surface area contributed by atoms with E-state index in [2.05, 4.69) is 47.8 Å². The molecule has 2 aromatic carbocycles. The lowest BCUT2D eigenvalue weighted by molar-refractivity contribution is -0.274. The van der Waals surface area contributed by atoms with Crippen LogP contribution in [0, 0.1) is 0 Å². The molecule has 2 heterocycles. The maximum Gasteiger partial charge on any atom is 0.573 e. The van der Waals surface area contributed by atoms with Gasteiger partial charge in [0.25, 0.3) is 5.91 Å². The maximum absolute atomic E-state index is 12.4. The van der Waals surface area contributed by atoms with Gasteiger partial charge in [0.2, 0.25) is 0 Å². The molecule has 5 rings (SSSR count). The third kappa shape index (κ3) is 5.97. The van der Waals surface area contributed by atoms with Gasteiger partial charge in [-0.2, -0.15) is 0 Å². The summed E-state index contributed by atoms with van der Waals surface area (Å²) in [7, 11) is 1.61. The van der Waals surface area contributed by atoms with Gasteiger partial charge in [-0.3, -0.25) is 4.79 Å². The van der Waals surface area contributed by atoms with Crippen molar-refractivity contribution in [2.75, 3.05) is 43.4 Å². The minimum atomic E-state index is -4.72. The van der Waals surface area contributed by atoms with Gasteiger partial charge in [0.15, 0.2) is 0 Å². The number of piperazine rings is 1. The van der Waals surface area contributed by atoms with Crippen LogP contribution in [0.4, 0.5) is 24.7 Å². The molecule has 1 saturated heterocycles. The van der Waals surface area contributed by atoms with E-state index in [1.807, 2.05) is 18.2 Å². The number of halogens is 3. The van der Waals surface area contributed by atoms with E-state index in [0.29, 0.717) is 49.7 Å². The Morgan fingerprint density at radius 3 is 2.49 bits per heavy atom. The average Bonchev–Trinajstić information content (AvgIpc) is 3.38. The highest BCUT2D eigenvalue weighted by Crippen LogP contribution is 2.35. The fraction of sp³-hybridized carbons (Fsp3) is 0.250. The van der Waals surface area contributed by atoms with Gasteiger partial charge in [0.1, 0.15) is 17.9 Å². The van der Waals surface area contributed by atoms with Crippen LogP contribution in [-0.4, -0.2) is 60.4 Å². The molecule has 0 unspecified atom stereocenters. The molecule has 1 aliphatic heterocycles. The Morgan fingerprint density at radius 1 is 1.05 bits per heavy atom. The van der Waals surface area contributed by atoms with E-state index in [0.717, 1.165) is 28.2 Å². The molecule has 0 saturated carbocycles. The van der Waals surface area contributed by atoms with Crippen LogP contribution in [0.5, 0.6) is 5.75 Å². The normalized spacial score (nSPS) is 14.9. The molecule has 39 heavy (non-hydrogen) atoms. The molecule has 1 amide bonds.